The maximum Gasteiger partial charge on any atom is 0.274 e. The van der Waals surface area contributed by atoms with E-state index in [1.54, 1.807) is 4.57 Å². The van der Waals surface area contributed by atoms with Gasteiger partial charge in [-0.3, -0.25) is 4.79 Å². The topological polar surface area (TPSA) is 73.0 Å². The Morgan fingerprint density at radius 2 is 1.83 bits per heavy atom. The summed E-state index contributed by atoms with van der Waals surface area (Å²) in [5.74, 6) is 0.784. The first-order valence-corrected chi connectivity index (χ1v) is 9.43. The summed E-state index contributed by atoms with van der Waals surface area (Å²) < 4.78 is 7.25. The van der Waals surface area contributed by atoms with Gasteiger partial charge in [-0.25, -0.2) is 0 Å². The molecule has 0 aliphatic carbocycles. The maximum absolute atomic E-state index is 12.6. The number of aromatic nitrogens is 3. The molecule has 0 atom stereocenters. The number of carbonyl (C=O) groups is 1. The zero-order valence-corrected chi connectivity index (χ0v) is 16.6. The van der Waals surface area contributed by atoms with Crippen LogP contribution in [0.3, 0.4) is 0 Å². The molecule has 0 saturated carbocycles. The van der Waals surface area contributed by atoms with Gasteiger partial charge in [-0.15, -0.1) is 0 Å². The van der Waals surface area contributed by atoms with Crippen molar-refractivity contribution >= 4 is 11.6 Å². The Hall–Kier alpha value is -3.67. The van der Waals surface area contributed by atoms with Crippen molar-refractivity contribution in [2.45, 2.75) is 27.3 Å². The number of anilines is 1. The number of hydrogen-bond acceptors (Lipinski definition) is 4. The van der Waals surface area contributed by atoms with Crippen LogP contribution in [-0.2, 0) is 11.3 Å². The van der Waals surface area contributed by atoms with Gasteiger partial charge in [0, 0.05) is 17.4 Å². The van der Waals surface area contributed by atoms with Crippen molar-refractivity contribution in [3.8, 4) is 23.0 Å². The molecule has 0 radical (unpaired) electrons. The van der Waals surface area contributed by atoms with Crippen molar-refractivity contribution in [3.63, 3.8) is 0 Å². The van der Waals surface area contributed by atoms with Crippen LogP contribution in [-0.4, -0.2) is 20.6 Å². The quantitative estimate of drug-likeness (QED) is 0.536. The molecule has 1 amide bonds. The number of nitrogens with zero attached hydrogens (tertiary/aromatic N) is 3. The van der Waals surface area contributed by atoms with Crippen molar-refractivity contribution in [2.24, 2.45) is 0 Å². The SMILES string of the molecule is Cc1ccc(-c2noc(-c3cccn3CC(=O)Nc3cccc(C)c3C)n2)cc1. The second-order valence-electron chi connectivity index (χ2n) is 7.11. The van der Waals surface area contributed by atoms with Crippen LogP contribution in [0.5, 0.6) is 0 Å². The molecule has 0 fully saturated rings. The van der Waals surface area contributed by atoms with Crippen molar-refractivity contribution < 1.29 is 9.32 Å². The summed E-state index contributed by atoms with van der Waals surface area (Å²) in [4.78, 5) is 17.1. The molecule has 2 aromatic carbocycles. The largest absolute Gasteiger partial charge is 0.334 e. The molecule has 2 aromatic heterocycles. The van der Waals surface area contributed by atoms with E-state index in [1.807, 2.05) is 81.6 Å². The molecular weight excluding hydrogens is 364 g/mol. The van der Waals surface area contributed by atoms with Crippen molar-refractivity contribution in [1.82, 2.24) is 14.7 Å². The van der Waals surface area contributed by atoms with Crippen molar-refractivity contribution in [3.05, 3.63) is 77.5 Å². The average molecular weight is 386 g/mol. The number of nitrogens with one attached hydrogen (secondary N) is 1. The van der Waals surface area contributed by atoms with Gasteiger partial charge in [0.05, 0.1) is 0 Å². The Balaban J connectivity index is 1.52. The average Bonchev–Trinajstić information content (AvgIpc) is 3.35. The van der Waals surface area contributed by atoms with E-state index < -0.39 is 0 Å². The first-order chi connectivity index (χ1) is 14.0. The first-order valence-electron chi connectivity index (χ1n) is 9.43. The number of carbonyl (C=O) groups excluding carboxylic acids is 1. The zero-order valence-electron chi connectivity index (χ0n) is 16.6. The highest BCUT2D eigenvalue weighted by atomic mass is 16.5. The highest BCUT2D eigenvalue weighted by molar-refractivity contribution is 5.91. The smallest absolute Gasteiger partial charge is 0.274 e. The lowest BCUT2D eigenvalue weighted by molar-refractivity contribution is -0.116. The van der Waals surface area contributed by atoms with Gasteiger partial charge in [0.2, 0.25) is 11.7 Å². The molecule has 0 saturated heterocycles. The lowest BCUT2D eigenvalue weighted by atomic mass is 10.1. The van der Waals surface area contributed by atoms with Crippen LogP contribution in [0.2, 0.25) is 0 Å². The maximum atomic E-state index is 12.6. The second-order valence-corrected chi connectivity index (χ2v) is 7.11. The lowest BCUT2D eigenvalue weighted by Gasteiger charge is -2.11. The second kappa shape index (κ2) is 7.75. The van der Waals surface area contributed by atoms with E-state index in [2.05, 4.69) is 15.5 Å². The van der Waals surface area contributed by atoms with Crippen LogP contribution in [0.1, 0.15) is 16.7 Å². The summed E-state index contributed by atoms with van der Waals surface area (Å²) >= 11 is 0. The molecule has 0 unspecified atom stereocenters. The minimum Gasteiger partial charge on any atom is -0.334 e. The third kappa shape index (κ3) is 3.96. The summed E-state index contributed by atoms with van der Waals surface area (Å²) in [6.45, 7) is 6.20. The molecule has 6 nitrogen and oxygen atoms in total. The van der Waals surface area contributed by atoms with Crippen LogP contribution >= 0.6 is 0 Å². The van der Waals surface area contributed by atoms with Gasteiger partial charge in [0.15, 0.2) is 0 Å². The van der Waals surface area contributed by atoms with E-state index in [9.17, 15) is 4.79 Å². The Labute approximate surface area is 169 Å². The molecule has 0 aliphatic heterocycles. The molecule has 4 aromatic rings. The van der Waals surface area contributed by atoms with E-state index in [-0.39, 0.29) is 12.5 Å². The number of aryl methyl sites for hydroxylation is 2. The Morgan fingerprint density at radius 3 is 2.62 bits per heavy atom. The summed E-state index contributed by atoms with van der Waals surface area (Å²) in [5, 5.41) is 7.06. The van der Waals surface area contributed by atoms with E-state index in [0.29, 0.717) is 17.4 Å². The Kier molecular flexibility index (Phi) is 4.99. The highest BCUT2D eigenvalue weighted by Gasteiger charge is 2.16. The van der Waals surface area contributed by atoms with E-state index in [0.717, 1.165) is 22.4 Å². The Bertz CT molecular complexity index is 1160. The van der Waals surface area contributed by atoms with Crippen LogP contribution in [0.4, 0.5) is 5.69 Å². The first kappa shape index (κ1) is 18.7. The minimum absolute atomic E-state index is 0.116. The van der Waals surface area contributed by atoms with Gasteiger partial charge in [-0.2, -0.15) is 4.98 Å². The summed E-state index contributed by atoms with van der Waals surface area (Å²) in [7, 11) is 0. The fraction of sp³-hybridized carbons (Fsp3) is 0.174. The number of benzene rings is 2. The molecule has 146 valence electrons. The van der Waals surface area contributed by atoms with Gasteiger partial charge in [-0.1, -0.05) is 47.1 Å². The van der Waals surface area contributed by atoms with Crippen LogP contribution in [0.25, 0.3) is 23.0 Å². The number of rotatable bonds is 5. The monoisotopic (exact) mass is 386 g/mol. The van der Waals surface area contributed by atoms with Gasteiger partial charge < -0.3 is 14.4 Å². The van der Waals surface area contributed by atoms with Gasteiger partial charge in [-0.05, 0) is 50.1 Å². The summed E-state index contributed by atoms with van der Waals surface area (Å²) in [6, 6.07) is 17.5. The van der Waals surface area contributed by atoms with Crippen LogP contribution < -0.4 is 5.32 Å². The Morgan fingerprint density at radius 1 is 1.03 bits per heavy atom. The molecule has 4 rings (SSSR count). The number of amides is 1. The third-order valence-corrected chi connectivity index (χ3v) is 4.98. The van der Waals surface area contributed by atoms with E-state index in [4.69, 9.17) is 4.52 Å². The molecule has 0 bridgehead atoms. The molecule has 1 N–H and O–H groups in total. The van der Waals surface area contributed by atoms with Gasteiger partial charge in [0.25, 0.3) is 5.89 Å². The predicted molar refractivity (Wildman–Crippen MR) is 112 cm³/mol. The molecule has 2 heterocycles. The minimum atomic E-state index is -0.116. The molecule has 0 spiro atoms. The summed E-state index contributed by atoms with van der Waals surface area (Å²) in [5.41, 5.74) is 5.78. The number of hydrogen-bond donors (Lipinski definition) is 1. The fourth-order valence-electron chi connectivity index (χ4n) is 3.12. The normalized spacial score (nSPS) is 10.9. The van der Waals surface area contributed by atoms with Gasteiger partial charge in [0.1, 0.15) is 12.2 Å². The zero-order chi connectivity index (χ0) is 20.4. The van der Waals surface area contributed by atoms with Crippen molar-refractivity contribution in [1.29, 1.82) is 0 Å². The van der Waals surface area contributed by atoms with E-state index in [1.165, 1.54) is 5.56 Å². The van der Waals surface area contributed by atoms with Crippen LogP contribution in [0, 0.1) is 20.8 Å². The third-order valence-electron chi connectivity index (χ3n) is 4.98. The molecule has 29 heavy (non-hydrogen) atoms. The standard InChI is InChI=1S/C23H22N4O2/c1-15-9-11-18(12-10-15)22-25-23(29-26-22)20-8-5-13-27(20)14-21(28)24-19-7-4-6-16(2)17(19)3/h4-13H,14H2,1-3H3,(H,24,28). The van der Waals surface area contributed by atoms with Gasteiger partial charge >= 0.3 is 0 Å². The molecule has 0 aliphatic rings. The highest BCUT2D eigenvalue weighted by Crippen LogP contribution is 2.23. The molecular formula is C23H22N4O2. The molecule has 6 heteroatoms. The lowest BCUT2D eigenvalue weighted by Crippen LogP contribution is -2.19. The van der Waals surface area contributed by atoms with E-state index >= 15 is 0 Å². The summed E-state index contributed by atoms with van der Waals surface area (Å²) in [6.07, 6.45) is 1.83. The van der Waals surface area contributed by atoms with Crippen LogP contribution in [0.15, 0.2) is 65.3 Å². The fourth-order valence-corrected chi connectivity index (χ4v) is 3.12. The van der Waals surface area contributed by atoms with Crippen molar-refractivity contribution in [2.75, 3.05) is 5.32 Å². The predicted octanol–water partition coefficient (Wildman–Crippen LogP) is 4.77.